The zero-order chi connectivity index (χ0) is 14.5. The molecule has 0 radical (unpaired) electrons. The van der Waals surface area contributed by atoms with Gasteiger partial charge in [0, 0.05) is 24.5 Å². The van der Waals surface area contributed by atoms with Gasteiger partial charge >= 0.3 is 0 Å². The smallest absolute Gasteiger partial charge is 0.151 e. The standard InChI is InChI=1S/C14H19ClN4S/c1-10(2)16-8-11-4-7-14(18-17-11)19(3)9-12-5-6-13(15)20-12/h4-7,10,16H,8-9H2,1-3H3. The van der Waals surface area contributed by atoms with Gasteiger partial charge in [-0.25, -0.2) is 0 Å². The summed E-state index contributed by atoms with van der Waals surface area (Å²) in [4.78, 5) is 3.28. The summed E-state index contributed by atoms with van der Waals surface area (Å²) in [5, 5.41) is 11.8. The monoisotopic (exact) mass is 310 g/mol. The lowest BCUT2D eigenvalue weighted by atomic mass is 10.3. The van der Waals surface area contributed by atoms with E-state index in [4.69, 9.17) is 11.6 Å². The Morgan fingerprint density at radius 2 is 2.05 bits per heavy atom. The lowest BCUT2D eigenvalue weighted by Crippen LogP contribution is -2.23. The molecule has 0 aliphatic heterocycles. The van der Waals surface area contributed by atoms with Crippen LogP contribution in [0.5, 0.6) is 0 Å². The zero-order valence-corrected chi connectivity index (χ0v) is 13.5. The number of aromatic nitrogens is 2. The van der Waals surface area contributed by atoms with Gasteiger partial charge in [0.2, 0.25) is 0 Å². The third kappa shape index (κ3) is 4.44. The molecule has 2 heterocycles. The van der Waals surface area contributed by atoms with E-state index >= 15 is 0 Å². The van der Waals surface area contributed by atoms with Gasteiger partial charge in [0.15, 0.2) is 5.82 Å². The highest BCUT2D eigenvalue weighted by Crippen LogP contribution is 2.23. The minimum Gasteiger partial charge on any atom is -0.353 e. The van der Waals surface area contributed by atoms with Gasteiger partial charge in [-0.05, 0) is 24.3 Å². The fourth-order valence-corrected chi connectivity index (χ4v) is 2.85. The molecule has 0 bridgehead atoms. The van der Waals surface area contributed by atoms with Crippen LogP contribution in [-0.2, 0) is 13.1 Å². The van der Waals surface area contributed by atoms with Crippen molar-refractivity contribution in [3.05, 3.63) is 39.2 Å². The maximum absolute atomic E-state index is 5.94. The molecule has 0 aliphatic rings. The molecule has 6 heteroatoms. The highest BCUT2D eigenvalue weighted by molar-refractivity contribution is 7.16. The first kappa shape index (κ1) is 15.2. The molecule has 0 unspecified atom stereocenters. The molecule has 0 amide bonds. The van der Waals surface area contributed by atoms with Crippen LogP contribution in [0.15, 0.2) is 24.3 Å². The van der Waals surface area contributed by atoms with E-state index in [-0.39, 0.29) is 0 Å². The van der Waals surface area contributed by atoms with Crippen molar-refractivity contribution < 1.29 is 0 Å². The summed E-state index contributed by atoms with van der Waals surface area (Å²) in [7, 11) is 2.00. The van der Waals surface area contributed by atoms with E-state index < -0.39 is 0 Å². The number of nitrogens with one attached hydrogen (secondary N) is 1. The number of anilines is 1. The minimum atomic E-state index is 0.447. The van der Waals surface area contributed by atoms with E-state index in [0.717, 1.165) is 28.9 Å². The van der Waals surface area contributed by atoms with Crippen molar-refractivity contribution >= 4 is 28.8 Å². The van der Waals surface area contributed by atoms with Crippen LogP contribution in [0.1, 0.15) is 24.4 Å². The van der Waals surface area contributed by atoms with E-state index in [1.165, 1.54) is 4.88 Å². The maximum atomic E-state index is 5.94. The molecular formula is C14H19ClN4S. The first-order valence-corrected chi connectivity index (χ1v) is 7.75. The quantitative estimate of drug-likeness (QED) is 0.888. The first-order chi connectivity index (χ1) is 9.54. The average molecular weight is 311 g/mol. The van der Waals surface area contributed by atoms with Gasteiger partial charge in [0.25, 0.3) is 0 Å². The van der Waals surface area contributed by atoms with Gasteiger partial charge in [-0.1, -0.05) is 25.4 Å². The van der Waals surface area contributed by atoms with Gasteiger partial charge in [0.1, 0.15) is 0 Å². The topological polar surface area (TPSA) is 41.0 Å². The van der Waals surface area contributed by atoms with Crippen molar-refractivity contribution in [3.8, 4) is 0 Å². The molecule has 0 fully saturated rings. The third-order valence-corrected chi connectivity index (χ3v) is 4.03. The number of nitrogens with zero attached hydrogens (tertiary/aromatic N) is 3. The van der Waals surface area contributed by atoms with Crippen LogP contribution >= 0.6 is 22.9 Å². The molecule has 0 aliphatic carbocycles. The van der Waals surface area contributed by atoms with Crippen LogP contribution < -0.4 is 10.2 Å². The van der Waals surface area contributed by atoms with Gasteiger partial charge < -0.3 is 10.2 Å². The Kier molecular flexibility index (Phi) is 5.34. The maximum Gasteiger partial charge on any atom is 0.151 e. The summed E-state index contributed by atoms with van der Waals surface area (Å²) in [6, 6.07) is 8.41. The van der Waals surface area contributed by atoms with Crippen LogP contribution in [0.4, 0.5) is 5.82 Å². The molecule has 2 aromatic heterocycles. The highest BCUT2D eigenvalue weighted by Gasteiger charge is 2.07. The van der Waals surface area contributed by atoms with E-state index in [9.17, 15) is 0 Å². The third-order valence-electron chi connectivity index (χ3n) is 2.81. The van der Waals surface area contributed by atoms with Gasteiger partial charge in [-0.2, -0.15) is 5.10 Å². The lowest BCUT2D eigenvalue weighted by molar-refractivity contribution is 0.577. The molecule has 0 atom stereocenters. The summed E-state index contributed by atoms with van der Waals surface area (Å²) in [6.45, 7) is 5.76. The largest absolute Gasteiger partial charge is 0.353 e. The molecule has 2 aromatic rings. The number of hydrogen-bond acceptors (Lipinski definition) is 5. The van der Waals surface area contributed by atoms with Crippen LogP contribution in [0.2, 0.25) is 4.34 Å². The van der Waals surface area contributed by atoms with Crippen LogP contribution in [-0.4, -0.2) is 23.3 Å². The van der Waals surface area contributed by atoms with E-state index in [1.807, 2.05) is 31.3 Å². The Morgan fingerprint density at radius 1 is 1.25 bits per heavy atom. The molecule has 2 rings (SSSR count). The lowest BCUT2D eigenvalue weighted by Gasteiger charge is -2.16. The summed E-state index contributed by atoms with van der Waals surface area (Å²) < 4.78 is 0.814. The molecule has 0 aromatic carbocycles. The first-order valence-electron chi connectivity index (χ1n) is 6.56. The number of rotatable bonds is 6. The molecule has 4 nitrogen and oxygen atoms in total. The minimum absolute atomic E-state index is 0.447. The van der Waals surface area contributed by atoms with Crippen molar-refractivity contribution in [2.75, 3.05) is 11.9 Å². The van der Waals surface area contributed by atoms with Crippen LogP contribution in [0.25, 0.3) is 0 Å². The summed E-state index contributed by atoms with van der Waals surface area (Å²) >= 11 is 7.53. The van der Waals surface area contributed by atoms with E-state index in [1.54, 1.807) is 11.3 Å². The van der Waals surface area contributed by atoms with Crippen molar-refractivity contribution in [1.82, 2.24) is 15.5 Å². The van der Waals surface area contributed by atoms with Crippen LogP contribution in [0.3, 0.4) is 0 Å². The summed E-state index contributed by atoms with van der Waals surface area (Å²) in [5.41, 5.74) is 0.954. The SMILES string of the molecule is CC(C)NCc1ccc(N(C)Cc2ccc(Cl)s2)nn1. The van der Waals surface area contributed by atoms with Crippen LogP contribution in [0, 0.1) is 0 Å². The number of hydrogen-bond donors (Lipinski definition) is 1. The Bertz CT molecular complexity index is 538. The Morgan fingerprint density at radius 3 is 2.60 bits per heavy atom. The van der Waals surface area contributed by atoms with Crippen molar-refractivity contribution in [1.29, 1.82) is 0 Å². The average Bonchev–Trinajstić information content (AvgIpc) is 2.82. The second-order valence-corrected chi connectivity index (χ2v) is 6.78. The summed E-state index contributed by atoms with van der Waals surface area (Å²) in [5.74, 6) is 0.864. The predicted molar refractivity (Wildman–Crippen MR) is 85.4 cm³/mol. The zero-order valence-electron chi connectivity index (χ0n) is 11.9. The normalized spacial score (nSPS) is 11.1. The molecule has 20 heavy (non-hydrogen) atoms. The van der Waals surface area contributed by atoms with Gasteiger partial charge in [0.05, 0.1) is 16.6 Å². The second kappa shape index (κ2) is 7.02. The molecule has 1 N–H and O–H groups in total. The predicted octanol–water partition coefficient (Wildman–Crippen LogP) is 3.33. The van der Waals surface area contributed by atoms with Crippen molar-refractivity contribution in [2.45, 2.75) is 33.0 Å². The van der Waals surface area contributed by atoms with E-state index in [2.05, 4.69) is 34.3 Å². The Hall–Kier alpha value is -1.17. The molecule has 0 spiro atoms. The number of halogens is 1. The molecular weight excluding hydrogens is 292 g/mol. The molecule has 108 valence electrons. The fraction of sp³-hybridized carbons (Fsp3) is 0.429. The fourth-order valence-electron chi connectivity index (χ4n) is 1.71. The molecule has 0 saturated carbocycles. The number of thiophene rings is 1. The summed E-state index contributed by atoms with van der Waals surface area (Å²) in [6.07, 6.45) is 0. The molecule has 0 saturated heterocycles. The van der Waals surface area contributed by atoms with Crippen molar-refractivity contribution in [2.24, 2.45) is 0 Å². The van der Waals surface area contributed by atoms with E-state index in [0.29, 0.717) is 6.04 Å². The van der Waals surface area contributed by atoms with Gasteiger partial charge in [-0.3, -0.25) is 0 Å². The Balaban J connectivity index is 1.94. The van der Waals surface area contributed by atoms with Gasteiger partial charge in [-0.15, -0.1) is 16.4 Å². The second-order valence-electron chi connectivity index (χ2n) is 4.98. The van der Waals surface area contributed by atoms with Crippen molar-refractivity contribution in [3.63, 3.8) is 0 Å². The highest BCUT2D eigenvalue weighted by atomic mass is 35.5. The Labute approximate surface area is 128 Å².